The minimum atomic E-state index is -8.37. The number of ether oxygens (including phenoxy) is 2. The van der Waals surface area contributed by atoms with Crippen LogP contribution in [0.2, 0.25) is 0 Å². The molecule has 1 aromatic rings. The second kappa shape index (κ2) is 16.5. The molecule has 0 aliphatic carbocycles. The lowest BCUT2D eigenvalue weighted by molar-refractivity contribution is -0.440. The van der Waals surface area contributed by atoms with Crippen molar-refractivity contribution in [3.63, 3.8) is 0 Å². The number of carbonyl (C=O) groups is 2. The number of aryl methyl sites for hydroxylation is 1. The molecule has 0 amide bonds. The molecule has 0 unspecified atom stereocenters. The predicted octanol–water partition coefficient (Wildman–Crippen LogP) is 9.93. The molecule has 0 saturated heterocycles. The van der Waals surface area contributed by atoms with Gasteiger partial charge in [-0.2, -0.15) is 123 Å². The Balaban J connectivity index is 3.47. The second-order valence-electron chi connectivity index (χ2n) is 11.7. The van der Waals surface area contributed by atoms with Gasteiger partial charge in [-0.05, 0) is 19.1 Å². The van der Waals surface area contributed by atoms with Crippen LogP contribution in [0.5, 0.6) is 0 Å². The molecule has 7 nitrogen and oxygen atoms in total. The first-order valence-electron chi connectivity index (χ1n) is 14.6. The van der Waals surface area contributed by atoms with E-state index in [4.69, 9.17) is 0 Å². The molecule has 354 valence electrons. The van der Waals surface area contributed by atoms with Gasteiger partial charge in [0.2, 0.25) is 5.76 Å². The van der Waals surface area contributed by atoms with Crippen molar-refractivity contribution in [1.82, 2.24) is 0 Å². The van der Waals surface area contributed by atoms with E-state index in [1.54, 1.807) is 0 Å². The van der Waals surface area contributed by atoms with Crippen molar-refractivity contribution in [1.29, 1.82) is 0 Å². The number of alkyl halides is 26. The third-order valence-electron chi connectivity index (χ3n) is 7.27. The highest BCUT2D eigenvalue weighted by Gasteiger charge is 2.92. The minimum Gasteiger partial charge on any atom is -0.462 e. The van der Waals surface area contributed by atoms with Crippen LogP contribution >= 0.6 is 0 Å². The quantitative estimate of drug-likeness (QED) is 0.0448. The summed E-state index contributed by atoms with van der Waals surface area (Å²) in [5, 5.41) is 0. The van der Waals surface area contributed by atoms with Crippen molar-refractivity contribution in [2.75, 3.05) is 13.2 Å². The van der Waals surface area contributed by atoms with Gasteiger partial charge in [0.05, 0.1) is 32.1 Å². The molecule has 61 heavy (non-hydrogen) atoms. The van der Waals surface area contributed by atoms with E-state index in [-0.39, 0.29) is 5.56 Å². The van der Waals surface area contributed by atoms with Crippen LogP contribution in [0, 0.1) is 6.92 Å². The molecule has 0 aromatic heterocycles. The van der Waals surface area contributed by atoms with Crippen LogP contribution in [0.25, 0.3) is 0 Å². The standard InChI is InChI=1S/C27H16F26O7S/c1-11-2-4-12(5-3-11)61(56,57)60-13(15(55)59-9-7-17(30,31)19(34,35)21(38,39)23(42,43)25(46,47)27(51,52)53)10-14(54)58-8-6-16(28,29)18(32,33)20(36,37)22(40,41)24(44,45)26(48,49)50/h2-5,10H,6-9H2,1H3. The first-order valence-corrected chi connectivity index (χ1v) is 16.0. The first kappa shape index (κ1) is 54.8. The maximum absolute atomic E-state index is 14.1. The summed E-state index contributed by atoms with van der Waals surface area (Å²) in [5.74, 6) is -87.3. The van der Waals surface area contributed by atoms with E-state index in [2.05, 4.69) is 13.7 Å². The summed E-state index contributed by atoms with van der Waals surface area (Å²) in [6.07, 6.45) is -23.0. The zero-order chi connectivity index (χ0) is 48.9. The molecule has 0 radical (unpaired) electrons. The number of esters is 2. The van der Waals surface area contributed by atoms with Crippen molar-refractivity contribution < 1.29 is 146 Å². The van der Waals surface area contributed by atoms with E-state index in [1.165, 1.54) is 6.92 Å². The highest BCUT2D eigenvalue weighted by atomic mass is 32.2. The van der Waals surface area contributed by atoms with Crippen LogP contribution in [0.15, 0.2) is 41.0 Å². The summed E-state index contributed by atoms with van der Waals surface area (Å²) in [6.45, 7) is -3.99. The Labute approximate surface area is 319 Å². The highest BCUT2D eigenvalue weighted by Crippen LogP contribution is 2.62. The second-order valence-corrected chi connectivity index (χ2v) is 13.2. The van der Waals surface area contributed by atoms with Gasteiger partial charge < -0.3 is 13.7 Å². The Morgan fingerprint density at radius 2 is 0.803 bits per heavy atom. The van der Waals surface area contributed by atoms with Crippen molar-refractivity contribution in [2.45, 2.75) is 96.2 Å². The van der Waals surface area contributed by atoms with Gasteiger partial charge in [-0.15, -0.1) is 0 Å². The third kappa shape index (κ3) is 9.75. The number of benzene rings is 1. The smallest absolute Gasteiger partial charge is 0.460 e. The fourth-order valence-electron chi connectivity index (χ4n) is 3.68. The van der Waals surface area contributed by atoms with Crippen LogP contribution in [-0.4, -0.2) is 105 Å². The van der Waals surface area contributed by atoms with E-state index >= 15 is 0 Å². The summed E-state index contributed by atoms with van der Waals surface area (Å²) in [4.78, 5) is 23.3. The van der Waals surface area contributed by atoms with E-state index in [0.29, 0.717) is 12.1 Å². The van der Waals surface area contributed by atoms with Crippen LogP contribution in [-0.2, 0) is 33.4 Å². The van der Waals surface area contributed by atoms with Crippen molar-refractivity contribution in [3.05, 3.63) is 41.7 Å². The van der Waals surface area contributed by atoms with Gasteiger partial charge in [-0.3, -0.25) is 0 Å². The van der Waals surface area contributed by atoms with Crippen LogP contribution in [0.4, 0.5) is 114 Å². The Morgan fingerprint density at radius 3 is 1.13 bits per heavy atom. The van der Waals surface area contributed by atoms with Gasteiger partial charge in [0, 0.05) is 0 Å². The fourth-order valence-corrected chi connectivity index (χ4v) is 4.60. The maximum Gasteiger partial charge on any atom is 0.460 e. The molecule has 0 heterocycles. The largest absolute Gasteiger partial charge is 0.462 e. The summed E-state index contributed by atoms with van der Waals surface area (Å²) >= 11 is 0. The molecule has 0 bridgehead atoms. The van der Waals surface area contributed by atoms with E-state index < -0.39 is 136 Å². The zero-order valence-electron chi connectivity index (χ0n) is 28.3. The number of hydrogen-bond donors (Lipinski definition) is 0. The Kier molecular flexibility index (Phi) is 14.8. The van der Waals surface area contributed by atoms with Crippen molar-refractivity contribution in [2.24, 2.45) is 0 Å². The monoisotopic (exact) mass is 978 g/mol. The van der Waals surface area contributed by atoms with Crippen molar-refractivity contribution in [3.8, 4) is 0 Å². The van der Waals surface area contributed by atoms with Gasteiger partial charge in [0.1, 0.15) is 4.90 Å². The van der Waals surface area contributed by atoms with E-state index in [9.17, 15) is 132 Å². The lowest BCUT2D eigenvalue weighted by Gasteiger charge is -2.39. The lowest BCUT2D eigenvalue weighted by Crippen LogP contribution is -2.70. The number of carbonyl (C=O) groups excluding carboxylic acids is 2. The third-order valence-corrected chi connectivity index (χ3v) is 8.51. The Bertz CT molecular complexity index is 1880. The zero-order valence-corrected chi connectivity index (χ0v) is 29.1. The van der Waals surface area contributed by atoms with Crippen LogP contribution in [0.3, 0.4) is 0 Å². The number of rotatable bonds is 19. The highest BCUT2D eigenvalue weighted by molar-refractivity contribution is 7.86. The molecule has 0 aliphatic rings. The maximum atomic E-state index is 14.1. The van der Waals surface area contributed by atoms with Crippen LogP contribution < -0.4 is 0 Å². The summed E-state index contributed by atoms with van der Waals surface area (Å²) in [5.41, 5.74) is 0.235. The molecular formula is C27H16F26O7S. The average molecular weight is 978 g/mol. The fraction of sp³-hybridized carbons (Fsp3) is 0.630. The summed E-state index contributed by atoms with van der Waals surface area (Å²) in [6, 6.07) is 3.02. The predicted molar refractivity (Wildman–Crippen MR) is 140 cm³/mol. The topological polar surface area (TPSA) is 96.0 Å². The summed E-state index contributed by atoms with van der Waals surface area (Å²) < 4.78 is 382. The molecule has 0 fully saturated rings. The normalized spacial score (nSPS) is 15.4. The van der Waals surface area contributed by atoms with Gasteiger partial charge >= 0.3 is 93.6 Å². The van der Waals surface area contributed by atoms with Crippen LogP contribution in [0.1, 0.15) is 18.4 Å². The molecule has 1 aromatic carbocycles. The van der Waals surface area contributed by atoms with Crippen molar-refractivity contribution >= 4 is 22.1 Å². The van der Waals surface area contributed by atoms with Gasteiger partial charge in [-0.1, -0.05) is 17.7 Å². The molecule has 0 saturated carbocycles. The molecule has 0 N–H and O–H groups in total. The summed E-state index contributed by atoms with van der Waals surface area (Å²) in [7, 11) is -5.63. The molecule has 0 spiro atoms. The molecule has 1 rings (SSSR count). The SMILES string of the molecule is Cc1ccc(S(=O)(=O)OC(=CC(=O)OCCC(F)(F)C(F)(F)C(F)(F)C(F)(F)C(F)(F)C(F)(F)F)C(=O)OCCC(F)(F)C(F)(F)C(F)(F)C(F)(F)C(F)(F)C(F)(F)F)cc1. The molecule has 0 aliphatic heterocycles. The number of halogens is 26. The average Bonchev–Trinajstić information content (AvgIpc) is 3.06. The van der Waals surface area contributed by atoms with Gasteiger partial charge in [-0.25, -0.2) is 9.59 Å². The van der Waals surface area contributed by atoms with E-state index in [1.807, 2.05) is 0 Å². The minimum absolute atomic E-state index is 0.235. The Morgan fingerprint density at radius 1 is 0.492 bits per heavy atom. The van der Waals surface area contributed by atoms with Gasteiger partial charge in [0.25, 0.3) is 0 Å². The van der Waals surface area contributed by atoms with E-state index in [0.717, 1.165) is 12.1 Å². The van der Waals surface area contributed by atoms with Gasteiger partial charge in [0.15, 0.2) is 0 Å². The molecule has 0 atom stereocenters. The lowest BCUT2D eigenvalue weighted by atomic mass is 9.93. The molecular weight excluding hydrogens is 962 g/mol. The number of hydrogen-bond acceptors (Lipinski definition) is 7. The molecule has 34 heteroatoms. The first-order chi connectivity index (χ1) is 26.6. The Hall–Kier alpha value is -4.17.